The maximum Gasteiger partial charge on any atom is 0.334 e. The smallest absolute Gasteiger partial charge is 0.334 e. The second-order valence-electron chi connectivity index (χ2n) is 3.94. The molecule has 18 heavy (non-hydrogen) atoms. The largest absolute Gasteiger partial charge is 0.748 e. The van der Waals surface area contributed by atoms with Crippen LogP contribution >= 0.6 is 0 Å². The number of ether oxygens (including phenoxy) is 1. The third-order valence-electron chi connectivity index (χ3n) is 2.59. The van der Waals surface area contributed by atoms with Gasteiger partial charge < -0.3 is 9.29 Å². The Morgan fingerprint density at radius 2 is 2.06 bits per heavy atom. The Morgan fingerprint density at radius 1 is 1.33 bits per heavy atom. The minimum atomic E-state index is -4.34. The van der Waals surface area contributed by atoms with E-state index in [-0.39, 0.29) is 0 Å². The van der Waals surface area contributed by atoms with Crippen LogP contribution in [0.3, 0.4) is 0 Å². The van der Waals surface area contributed by atoms with Crippen LogP contribution in [0.2, 0.25) is 0 Å². The number of carbonyl (C=O) groups is 1. The normalized spacial score (nSPS) is 13.9. The Labute approximate surface area is 105 Å². The summed E-state index contributed by atoms with van der Waals surface area (Å²) in [6.07, 6.45) is 2.18. The molecule has 0 heterocycles. The third-order valence-corrected chi connectivity index (χ3v) is 3.26. The van der Waals surface area contributed by atoms with Crippen LogP contribution in [0.25, 0.3) is 6.08 Å². The quantitative estimate of drug-likeness (QED) is 0.592. The van der Waals surface area contributed by atoms with Gasteiger partial charge in [0.05, 0.1) is 15.9 Å². The summed E-state index contributed by atoms with van der Waals surface area (Å²) in [5.74, 6) is -1.27. The number of esters is 1. The number of benzene rings is 1. The maximum atomic E-state index is 11.6. The number of carbonyl (C=O) groups excluding carboxylic acids is 1. The third kappa shape index (κ3) is 3.18. The van der Waals surface area contributed by atoms with Crippen LogP contribution in [0.5, 0.6) is 0 Å². The van der Waals surface area contributed by atoms with E-state index in [1.165, 1.54) is 0 Å². The van der Waals surface area contributed by atoms with Crippen molar-refractivity contribution in [3.8, 4) is 0 Å². The first kappa shape index (κ1) is 12.8. The summed E-state index contributed by atoms with van der Waals surface area (Å²) >= 11 is 0. The molecule has 0 atom stereocenters. The molecule has 0 saturated carbocycles. The van der Waals surface area contributed by atoms with E-state index in [0.717, 1.165) is 11.1 Å². The van der Waals surface area contributed by atoms with Crippen molar-refractivity contribution < 1.29 is 22.5 Å². The minimum absolute atomic E-state index is 0.404. The summed E-state index contributed by atoms with van der Waals surface area (Å²) in [6, 6.07) is 7.55. The van der Waals surface area contributed by atoms with Gasteiger partial charge >= 0.3 is 5.97 Å². The van der Waals surface area contributed by atoms with Gasteiger partial charge in [0.2, 0.25) is 0 Å². The molecule has 1 aromatic carbocycles. The van der Waals surface area contributed by atoms with Crippen LogP contribution < -0.4 is 0 Å². The highest BCUT2D eigenvalue weighted by molar-refractivity contribution is 7.85. The highest BCUT2D eigenvalue weighted by atomic mass is 32.2. The van der Waals surface area contributed by atoms with Gasteiger partial charge in [0, 0.05) is 12.0 Å². The van der Waals surface area contributed by atoms with Gasteiger partial charge in [0.1, 0.15) is 6.61 Å². The zero-order valence-electron chi connectivity index (χ0n) is 9.46. The summed E-state index contributed by atoms with van der Waals surface area (Å²) in [7, 11) is -4.34. The average molecular weight is 267 g/mol. The SMILES string of the molecule is O=C(OCCS(=O)(=O)[O-])C1=Cc2ccccc2C1. The Morgan fingerprint density at radius 3 is 2.72 bits per heavy atom. The van der Waals surface area contributed by atoms with Crippen molar-refractivity contribution >= 4 is 22.2 Å². The van der Waals surface area contributed by atoms with Crippen molar-refractivity contribution in [1.82, 2.24) is 0 Å². The van der Waals surface area contributed by atoms with Gasteiger partial charge in [-0.25, -0.2) is 13.2 Å². The first-order chi connectivity index (χ1) is 8.46. The van der Waals surface area contributed by atoms with Gasteiger partial charge in [-0.1, -0.05) is 24.3 Å². The van der Waals surface area contributed by atoms with E-state index in [0.29, 0.717) is 12.0 Å². The molecule has 96 valence electrons. The predicted molar refractivity (Wildman–Crippen MR) is 63.6 cm³/mol. The van der Waals surface area contributed by atoms with Crippen molar-refractivity contribution in [1.29, 1.82) is 0 Å². The lowest BCUT2D eigenvalue weighted by molar-refractivity contribution is -0.138. The molecule has 2 rings (SSSR count). The zero-order valence-corrected chi connectivity index (χ0v) is 10.3. The van der Waals surface area contributed by atoms with Crippen LogP contribution in [-0.2, 0) is 26.1 Å². The fourth-order valence-corrected chi connectivity index (χ4v) is 2.03. The van der Waals surface area contributed by atoms with Gasteiger partial charge in [-0.3, -0.25) is 0 Å². The molecule has 0 aliphatic heterocycles. The summed E-state index contributed by atoms with van der Waals surface area (Å²) in [5, 5.41) is 0. The zero-order chi connectivity index (χ0) is 13.2. The first-order valence-electron chi connectivity index (χ1n) is 5.35. The van der Waals surface area contributed by atoms with Crippen molar-refractivity contribution in [3.63, 3.8) is 0 Å². The predicted octanol–water partition coefficient (Wildman–Crippen LogP) is 0.715. The van der Waals surface area contributed by atoms with Crippen LogP contribution in [0.1, 0.15) is 11.1 Å². The van der Waals surface area contributed by atoms with Crippen LogP contribution in [0.4, 0.5) is 0 Å². The number of hydrogen-bond acceptors (Lipinski definition) is 5. The van der Waals surface area contributed by atoms with Crippen molar-refractivity contribution in [2.75, 3.05) is 12.4 Å². The lowest BCUT2D eigenvalue weighted by Crippen LogP contribution is -2.16. The Kier molecular flexibility index (Phi) is 3.49. The molecule has 0 bridgehead atoms. The van der Waals surface area contributed by atoms with Gasteiger partial charge in [-0.15, -0.1) is 0 Å². The summed E-state index contributed by atoms with van der Waals surface area (Å²) in [5.41, 5.74) is 2.46. The van der Waals surface area contributed by atoms with Gasteiger partial charge in [-0.2, -0.15) is 0 Å². The van der Waals surface area contributed by atoms with E-state index >= 15 is 0 Å². The topological polar surface area (TPSA) is 83.5 Å². The molecule has 1 aliphatic carbocycles. The molecule has 1 aromatic rings. The van der Waals surface area contributed by atoms with Crippen molar-refractivity contribution in [2.45, 2.75) is 6.42 Å². The lowest BCUT2D eigenvalue weighted by Gasteiger charge is -2.07. The average Bonchev–Trinajstić information content (AvgIpc) is 2.70. The summed E-state index contributed by atoms with van der Waals surface area (Å²) in [6.45, 7) is -0.404. The van der Waals surface area contributed by atoms with Gasteiger partial charge in [0.25, 0.3) is 0 Å². The number of hydrogen-bond donors (Lipinski definition) is 0. The van der Waals surface area contributed by atoms with Gasteiger partial charge in [0.15, 0.2) is 0 Å². The Hall–Kier alpha value is -1.66. The second kappa shape index (κ2) is 4.91. The van der Waals surface area contributed by atoms with Gasteiger partial charge in [-0.05, 0) is 17.2 Å². The second-order valence-corrected chi connectivity index (χ2v) is 5.47. The highest BCUT2D eigenvalue weighted by Crippen LogP contribution is 2.25. The van der Waals surface area contributed by atoms with E-state index in [1.807, 2.05) is 24.3 Å². The van der Waals surface area contributed by atoms with E-state index < -0.39 is 28.4 Å². The Bertz CT molecular complexity index is 601. The molecule has 0 unspecified atom stereocenters. The Balaban J connectivity index is 1.93. The van der Waals surface area contributed by atoms with Crippen LogP contribution in [0.15, 0.2) is 29.8 Å². The molecule has 5 nitrogen and oxygen atoms in total. The summed E-state index contributed by atoms with van der Waals surface area (Å²) < 4.78 is 35.8. The molecule has 0 amide bonds. The van der Waals surface area contributed by atoms with Crippen molar-refractivity contribution in [3.05, 3.63) is 41.0 Å². The minimum Gasteiger partial charge on any atom is -0.748 e. The molecule has 0 fully saturated rings. The molecule has 0 radical (unpaired) electrons. The number of rotatable bonds is 4. The van der Waals surface area contributed by atoms with E-state index in [2.05, 4.69) is 0 Å². The van der Waals surface area contributed by atoms with Crippen LogP contribution in [-0.4, -0.2) is 31.3 Å². The molecule has 0 aromatic heterocycles. The van der Waals surface area contributed by atoms with E-state index in [4.69, 9.17) is 4.74 Å². The first-order valence-corrected chi connectivity index (χ1v) is 6.92. The fraction of sp³-hybridized carbons (Fsp3) is 0.250. The molecule has 0 spiro atoms. The molecule has 6 heteroatoms. The molecule has 0 N–H and O–H groups in total. The summed E-state index contributed by atoms with van der Waals surface area (Å²) in [4.78, 5) is 11.6. The van der Waals surface area contributed by atoms with Crippen LogP contribution in [0, 0.1) is 0 Å². The molecular formula is C12H11O5S-. The molecule has 0 saturated heterocycles. The maximum absolute atomic E-state index is 11.6. The monoisotopic (exact) mass is 267 g/mol. The molecule has 1 aliphatic rings. The standard InChI is InChI=1S/C12H12O5S/c13-12(17-5-6-18(14,15)16)11-7-9-3-1-2-4-10(9)8-11/h1-4,7H,5-6,8H2,(H,14,15,16)/p-1. The van der Waals surface area contributed by atoms with E-state index in [9.17, 15) is 17.8 Å². The van der Waals surface area contributed by atoms with Crippen molar-refractivity contribution in [2.24, 2.45) is 0 Å². The molecular weight excluding hydrogens is 256 g/mol. The number of fused-ring (bicyclic) bond motifs is 1. The van der Waals surface area contributed by atoms with E-state index in [1.54, 1.807) is 6.08 Å². The highest BCUT2D eigenvalue weighted by Gasteiger charge is 2.19. The lowest BCUT2D eigenvalue weighted by atomic mass is 10.1. The fourth-order valence-electron chi connectivity index (χ4n) is 1.74.